The van der Waals surface area contributed by atoms with Crippen molar-refractivity contribution in [2.75, 3.05) is 25.0 Å². The molecule has 0 saturated carbocycles. The maximum Gasteiger partial charge on any atom is 0.221 e. The van der Waals surface area contributed by atoms with E-state index in [-0.39, 0.29) is 12.0 Å². The van der Waals surface area contributed by atoms with Crippen LogP contribution >= 0.6 is 0 Å². The van der Waals surface area contributed by atoms with Gasteiger partial charge in [0.05, 0.1) is 6.54 Å². The van der Waals surface area contributed by atoms with E-state index in [1.807, 2.05) is 54.6 Å². The van der Waals surface area contributed by atoms with Gasteiger partial charge in [-0.1, -0.05) is 30.3 Å². The molecule has 1 amide bonds. The summed E-state index contributed by atoms with van der Waals surface area (Å²) >= 11 is 0. The lowest BCUT2D eigenvalue weighted by atomic mass is 10.1. The lowest BCUT2D eigenvalue weighted by Crippen LogP contribution is -2.47. The SMILES string of the molecule is CCNC(=NCc1cccc(NC(C)=O)c1)N1CCC(Oc2ccccc2)CC1. The van der Waals surface area contributed by atoms with E-state index in [4.69, 9.17) is 9.73 Å². The van der Waals surface area contributed by atoms with Crippen LogP contribution in [0.25, 0.3) is 0 Å². The van der Waals surface area contributed by atoms with Crippen molar-refractivity contribution in [2.45, 2.75) is 39.3 Å². The predicted molar refractivity (Wildman–Crippen MR) is 117 cm³/mol. The van der Waals surface area contributed by atoms with Gasteiger partial charge in [0.25, 0.3) is 0 Å². The standard InChI is InChI=1S/C23H30N4O2/c1-3-24-23(25-17-19-8-7-9-20(16-19)26-18(2)28)27-14-12-22(13-15-27)29-21-10-5-4-6-11-21/h4-11,16,22H,3,12-15,17H2,1-2H3,(H,24,25)(H,26,28). The van der Waals surface area contributed by atoms with E-state index in [0.29, 0.717) is 6.54 Å². The Bertz CT molecular complexity index is 815. The van der Waals surface area contributed by atoms with Crippen molar-refractivity contribution < 1.29 is 9.53 Å². The highest BCUT2D eigenvalue weighted by Gasteiger charge is 2.22. The maximum absolute atomic E-state index is 11.3. The van der Waals surface area contributed by atoms with Crippen molar-refractivity contribution in [3.8, 4) is 5.75 Å². The van der Waals surface area contributed by atoms with Crippen molar-refractivity contribution in [2.24, 2.45) is 4.99 Å². The van der Waals surface area contributed by atoms with Crippen LogP contribution in [0.2, 0.25) is 0 Å². The maximum atomic E-state index is 11.3. The van der Waals surface area contributed by atoms with Gasteiger partial charge in [0.15, 0.2) is 5.96 Å². The van der Waals surface area contributed by atoms with E-state index in [1.54, 1.807) is 0 Å². The first-order valence-electron chi connectivity index (χ1n) is 10.3. The highest BCUT2D eigenvalue weighted by atomic mass is 16.5. The van der Waals surface area contributed by atoms with Crippen molar-refractivity contribution >= 4 is 17.6 Å². The van der Waals surface area contributed by atoms with Crippen LogP contribution in [-0.2, 0) is 11.3 Å². The fourth-order valence-electron chi connectivity index (χ4n) is 3.42. The van der Waals surface area contributed by atoms with Crippen molar-refractivity contribution in [1.29, 1.82) is 0 Å². The molecule has 0 aromatic heterocycles. The van der Waals surface area contributed by atoms with Gasteiger partial charge in [0, 0.05) is 45.1 Å². The molecule has 6 heteroatoms. The number of hydrogen-bond acceptors (Lipinski definition) is 3. The number of ether oxygens (including phenoxy) is 1. The topological polar surface area (TPSA) is 66.0 Å². The van der Waals surface area contributed by atoms with Gasteiger partial charge in [-0.3, -0.25) is 4.79 Å². The van der Waals surface area contributed by atoms with E-state index >= 15 is 0 Å². The summed E-state index contributed by atoms with van der Waals surface area (Å²) in [6, 6.07) is 17.8. The Morgan fingerprint density at radius 1 is 1.14 bits per heavy atom. The number of anilines is 1. The molecule has 1 aliphatic heterocycles. The molecule has 0 atom stereocenters. The van der Waals surface area contributed by atoms with Gasteiger partial charge >= 0.3 is 0 Å². The molecule has 0 unspecified atom stereocenters. The summed E-state index contributed by atoms with van der Waals surface area (Å²) in [6.45, 7) is 6.81. The second-order valence-electron chi connectivity index (χ2n) is 7.17. The van der Waals surface area contributed by atoms with Crippen LogP contribution in [0.1, 0.15) is 32.3 Å². The Hall–Kier alpha value is -3.02. The minimum Gasteiger partial charge on any atom is -0.490 e. The minimum absolute atomic E-state index is 0.0698. The van der Waals surface area contributed by atoms with E-state index in [1.165, 1.54) is 6.92 Å². The normalized spacial score (nSPS) is 15.1. The number of carbonyl (C=O) groups excluding carboxylic acids is 1. The molecular formula is C23H30N4O2. The monoisotopic (exact) mass is 394 g/mol. The molecule has 0 radical (unpaired) electrons. The number of para-hydroxylation sites is 1. The summed E-state index contributed by atoms with van der Waals surface area (Å²) in [5, 5.41) is 6.22. The third kappa shape index (κ3) is 6.52. The Labute approximate surface area is 173 Å². The van der Waals surface area contributed by atoms with Crippen molar-refractivity contribution in [3.05, 3.63) is 60.2 Å². The van der Waals surface area contributed by atoms with Crippen LogP contribution in [0.15, 0.2) is 59.6 Å². The quantitative estimate of drug-likeness (QED) is 0.580. The van der Waals surface area contributed by atoms with Gasteiger partial charge in [-0.05, 0) is 36.8 Å². The number of rotatable bonds is 6. The molecule has 3 rings (SSSR count). The molecule has 1 heterocycles. The number of amides is 1. The van der Waals surface area contributed by atoms with Crippen LogP contribution in [-0.4, -0.2) is 42.5 Å². The lowest BCUT2D eigenvalue weighted by Gasteiger charge is -2.34. The van der Waals surface area contributed by atoms with Gasteiger partial charge in [-0.15, -0.1) is 0 Å². The molecule has 1 aliphatic rings. The molecule has 2 aromatic rings. The van der Waals surface area contributed by atoms with Gasteiger partial charge in [0.2, 0.25) is 5.91 Å². The van der Waals surface area contributed by atoms with Crippen LogP contribution < -0.4 is 15.4 Å². The van der Waals surface area contributed by atoms with Crippen molar-refractivity contribution in [1.82, 2.24) is 10.2 Å². The first-order chi connectivity index (χ1) is 14.1. The summed E-state index contributed by atoms with van der Waals surface area (Å²) in [6.07, 6.45) is 2.18. The van der Waals surface area contributed by atoms with Gasteiger partial charge < -0.3 is 20.3 Å². The molecule has 2 aromatic carbocycles. The molecule has 0 aliphatic carbocycles. The number of carbonyl (C=O) groups is 1. The van der Waals surface area contributed by atoms with Gasteiger partial charge in [0.1, 0.15) is 11.9 Å². The Kier molecular flexibility index (Phi) is 7.50. The summed E-state index contributed by atoms with van der Waals surface area (Å²) < 4.78 is 6.10. The molecule has 1 saturated heterocycles. The number of likely N-dealkylation sites (tertiary alicyclic amines) is 1. The van der Waals surface area contributed by atoms with Crippen LogP contribution in [0.4, 0.5) is 5.69 Å². The molecule has 0 bridgehead atoms. The largest absolute Gasteiger partial charge is 0.490 e. The Balaban J connectivity index is 1.57. The number of piperidine rings is 1. The highest BCUT2D eigenvalue weighted by molar-refractivity contribution is 5.88. The second-order valence-corrected chi connectivity index (χ2v) is 7.17. The van der Waals surface area contributed by atoms with Crippen LogP contribution in [0.3, 0.4) is 0 Å². The number of benzene rings is 2. The Morgan fingerprint density at radius 3 is 2.59 bits per heavy atom. The summed E-state index contributed by atoms with van der Waals surface area (Å²) in [7, 11) is 0. The summed E-state index contributed by atoms with van der Waals surface area (Å²) in [5.74, 6) is 1.79. The molecule has 29 heavy (non-hydrogen) atoms. The number of nitrogens with zero attached hydrogens (tertiary/aromatic N) is 2. The van der Waals surface area contributed by atoms with Gasteiger partial charge in [-0.25, -0.2) is 4.99 Å². The van der Waals surface area contributed by atoms with E-state index in [9.17, 15) is 4.79 Å². The summed E-state index contributed by atoms with van der Waals surface area (Å²) in [4.78, 5) is 18.4. The molecule has 1 fully saturated rings. The molecule has 2 N–H and O–H groups in total. The first-order valence-corrected chi connectivity index (χ1v) is 10.3. The number of guanidine groups is 1. The zero-order valence-electron chi connectivity index (χ0n) is 17.2. The van der Waals surface area contributed by atoms with Crippen LogP contribution in [0, 0.1) is 0 Å². The Morgan fingerprint density at radius 2 is 1.90 bits per heavy atom. The number of hydrogen-bond donors (Lipinski definition) is 2. The molecule has 154 valence electrons. The average Bonchev–Trinajstić information content (AvgIpc) is 2.72. The number of nitrogens with one attached hydrogen (secondary N) is 2. The lowest BCUT2D eigenvalue weighted by molar-refractivity contribution is -0.114. The molecular weight excluding hydrogens is 364 g/mol. The number of aliphatic imine (C=N–C) groups is 1. The predicted octanol–water partition coefficient (Wildman–Crippen LogP) is 3.65. The zero-order valence-corrected chi connectivity index (χ0v) is 17.2. The third-order valence-corrected chi connectivity index (χ3v) is 4.78. The van der Waals surface area contributed by atoms with Crippen molar-refractivity contribution in [3.63, 3.8) is 0 Å². The van der Waals surface area contributed by atoms with E-state index in [0.717, 1.165) is 55.4 Å². The summed E-state index contributed by atoms with van der Waals surface area (Å²) in [5.41, 5.74) is 1.86. The fourth-order valence-corrected chi connectivity index (χ4v) is 3.42. The first kappa shape index (κ1) is 20.7. The average molecular weight is 395 g/mol. The van der Waals surface area contributed by atoms with E-state index < -0.39 is 0 Å². The molecule has 0 spiro atoms. The van der Waals surface area contributed by atoms with E-state index in [2.05, 4.69) is 22.5 Å². The molecule has 6 nitrogen and oxygen atoms in total. The highest BCUT2D eigenvalue weighted by Crippen LogP contribution is 2.19. The fraction of sp³-hybridized carbons (Fsp3) is 0.391. The zero-order chi connectivity index (χ0) is 20.5. The third-order valence-electron chi connectivity index (χ3n) is 4.78. The minimum atomic E-state index is -0.0698. The van der Waals surface area contributed by atoms with Crippen LogP contribution in [0.5, 0.6) is 5.75 Å². The smallest absolute Gasteiger partial charge is 0.221 e. The second kappa shape index (κ2) is 10.5. The van der Waals surface area contributed by atoms with Gasteiger partial charge in [-0.2, -0.15) is 0 Å².